The van der Waals surface area contributed by atoms with Gasteiger partial charge in [0.25, 0.3) is 11.8 Å². The topological polar surface area (TPSA) is 55.8 Å². The number of benzene rings is 5. The van der Waals surface area contributed by atoms with Crippen LogP contribution in [0.25, 0.3) is 0 Å². The van der Waals surface area contributed by atoms with Crippen LogP contribution in [0.4, 0.5) is 5.69 Å². The Morgan fingerprint density at radius 3 is 1.62 bits per heavy atom. The molecular weight excluding hydrogens is 594 g/mol. The second-order valence-electron chi connectivity index (χ2n) is 13.6. The van der Waals surface area contributed by atoms with Crippen molar-refractivity contribution in [3.8, 4) is 23.0 Å². The maximum atomic E-state index is 13.6. The number of nitrogens with zero attached hydrogens (tertiary/aromatic N) is 1. The van der Waals surface area contributed by atoms with E-state index >= 15 is 0 Å². The number of imide groups is 1. The van der Waals surface area contributed by atoms with Crippen LogP contribution >= 0.6 is 0 Å². The molecule has 5 aromatic rings. The van der Waals surface area contributed by atoms with Crippen molar-refractivity contribution in [3.05, 3.63) is 148 Å². The quantitative estimate of drug-likeness (QED) is 0.143. The van der Waals surface area contributed by atoms with Crippen LogP contribution in [0.5, 0.6) is 23.0 Å². The molecule has 1 aliphatic rings. The van der Waals surface area contributed by atoms with Crippen LogP contribution < -0.4 is 14.4 Å². The number of aryl methyl sites for hydroxylation is 2. The van der Waals surface area contributed by atoms with Gasteiger partial charge in [0.15, 0.2) is 0 Å². The largest absolute Gasteiger partial charge is 0.457 e. The molecule has 5 nitrogen and oxygen atoms in total. The summed E-state index contributed by atoms with van der Waals surface area (Å²) in [5.41, 5.74) is 6.90. The fourth-order valence-corrected chi connectivity index (χ4v) is 6.29. The van der Waals surface area contributed by atoms with Gasteiger partial charge in [0.2, 0.25) is 0 Å². The SMILES string of the molecule is CCC(C)(CC)c1cccc(N2C(=O)c3ccc(Oc4ccc(C(C)(C)c5ccc(Oc6ccc(C)c(C)c6)cc5)cc4)cc3C2=O)c1. The second-order valence-corrected chi connectivity index (χ2v) is 13.6. The standard InChI is InChI=1S/C43H43NO4/c1-8-43(7,9-2)32-11-10-12-33(26-32)44-40(45)38-24-23-37(27-39(38)41(44)46)48-35-21-16-31(17-22-35)42(5,6)30-14-19-34(20-15-30)47-36-18-13-28(3)29(4)25-36/h10-27H,8-9H2,1-7H3. The molecule has 0 atom stereocenters. The van der Waals surface area contributed by atoms with Crippen LogP contribution in [0.2, 0.25) is 0 Å². The molecule has 0 bridgehead atoms. The summed E-state index contributed by atoms with van der Waals surface area (Å²) in [4.78, 5) is 28.3. The molecule has 6 rings (SSSR count). The first-order valence-electron chi connectivity index (χ1n) is 16.7. The molecule has 48 heavy (non-hydrogen) atoms. The number of ether oxygens (including phenoxy) is 2. The summed E-state index contributed by atoms with van der Waals surface area (Å²) in [6.07, 6.45) is 1.93. The number of anilines is 1. The fraction of sp³-hybridized carbons (Fsp3) is 0.256. The van der Waals surface area contributed by atoms with E-state index in [1.807, 2.05) is 48.5 Å². The van der Waals surface area contributed by atoms with E-state index in [1.165, 1.54) is 16.0 Å². The van der Waals surface area contributed by atoms with Crippen molar-refractivity contribution in [1.82, 2.24) is 0 Å². The van der Waals surface area contributed by atoms with E-state index in [9.17, 15) is 9.59 Å². The Labute approximate surface area is 284 Å². The number of fused-ring (bicyclic) bond motifs is 1. The summed E-state index contributed by atoms with van der Waals surface area (Å²) in [5.74, 6) is 2.12. The number of carbonyl (C=O) groups is 2. The zero-order chi connectivity index (χ0) is 34.2. The minimum atomic E-state index is -0.338. The molecule has 0 spiro atoms. The van der Waals surface area contributed by atoms with E-state index in [0.29, 0.717) is 28.3 Å². The lowest BCUT2D eigenvalue weighted by Crippen LogP contribution is -2.30. The van der Waals surface area contributed by atoms with Crippen molar-refractivity contribution in [2.24, 2.45) is 0 Å². The Bertz CT molecular complexity index is 1990. The highest BCUT2D eigenvalue weighted by Gasteiger charge is 2.37. The van der Waals surface area contributed by atoms with Gasteiger partial charge in [-0.3, -0.25) is 9.59 Å². The number of rotatable bonds is 10. The molecule has 5 aromatic carbocycles. The van der Waals surface area contributed by atoms with Crippen LogP contribution in [0.3, 0.4) is 0 Å². The summed E-state index contributed by atoms with van der Waals surface area (Å²) in [6.45, 7) is 15.1. The summed E-state index contributed by atoms with van der Waals surface area (Å²) < 4.78 is 12.3. The normalized spacial score (nSPS) is 13.1. The van der Waals surface area contributed by atoms with Crippen molar-refractivity contribution in [2.75, 3.05) is 4.90 Å². The third kappa shape index (κ3) is 6.13. The molecule has 0 N–H and O–H groups in total. The van der Waals surface area contributed by atoms with Gasteiger partial charge in [0, 0.05) is 5.41 Å². The van der Waals surface area contributed by atoms with Gasteiger partial charge in [0.05, 0.1) is 16.8 Å². The van der Waals surface area contributed by atoms with E-state index in [4.69, 9.17) is 9.47 Å². The molecule has 0 saturated carbocycles. The average Bonchev–Trinajstić information content (AvgIpc) is 3.34. The van der Waals surface area contributed by atoms with Crippen LogP contribution in [0, 0.1) is 13.8 Å². The summed E-state index contributed by atoms with van der Waals surface area (Å²) in [5, 5.41) is 0. The van der Waals surface area contributed by atoms with Crippen molar-refractivity contribution in [3.63, 3.8) is 0 Å². The average molecular weight is 638 g/mol. The van der Waals surface area contributed by atoms with Gasteiger partial charge in [-0.1, -0.05) is 77.1 Å². The molecule has 1 aliphatic heterocycles. The Morgan fingerprint density at radius 2 is 1.06 bits per heavy atom. The van der Waals surface area contributed by atoms with Gasteiger partial charge in [0.1, 0.15) is 23.0 Å². The second kappa shape index (κ2) is 12.8. The van der Waals surface area contributed by atoms with Gasteiger partial charge in [-0.2, -0.15) is 0 Å². The Hall–Kier alpha value is -5.16. The highest BCUT2D eigenvalue weighted by molar-refractivity contribution is 6.34. The molecule has 2 amide bonds. The third-order valence-electron chi connectivity index (χ3n) is 10.3. The van der Waals surface area contributed by atoms with E-state index in [-0.39, 0.29) is 22.6 Å². The van der Waals surface area contributed by atoms with E-state index < -0.39 is 0 Å². The third-order valence-corrected chi connectivity index (χ3v) is 10.3. The van der Waals surface area contributed by atoms with Crippen LogP contribution in [0.15, 0.2) is 109 Å². The highest BCUT2D eigenvalue weighted by Crippen LogP contribution is 2.38. The van der Waals surface area contributed by atoms with Gasteiger partial charge < -0.3 is 9.47 Å². The van der Waals surface area contributed by atoms with Crippen molar-refractivity contribution in [1.29, 1.82) is 0 Å². The first-order chi connectivity index (χ1) is 22.9. The zero-order valence-electron chi connectivity index (χ0n) is 28.9. The molecule has 0 fully saturated rings. The van der Waals surface area contributed by atoms with Gasteiger partial charge >= 0.3 is 0 Å². The monoisotopic (exact) mass is 637 g/mol. The van der Waals surface area contributed by atoms with Crippen molar-refractivity contribution >= 4 is 17.5 Å². The lowest BCUT2D eigenvalue weighted by molar-refractivity contribution is 0.0926. The first-order valence-corrected chi connectivity index (χ1v) is 16.7. The van der Waals surface area contributed by atoms with E-state index in [2.05, 4.69) is 90.9 Å². The molecule has 1 heterocycles. The molecule has 5 heteroatoms. The summed E-state index contributed by atoms with van der Waals surface area (Å²) >= 11 is 0. The Kier molecular flexibility index (Phi) is 8.74. The molecule has 0 aromatic heterocycles. The number of hydrogen-bond acceptors (Lipinski definition) is 4. The van der Waals surface area contributed by atoms with Crippen LogP contribution in [-0.4, -0.2) is 11.8 Å². The Morgan fingerprint density at radius 1 is 0.542 bits per heavy atom. The molecule has 0 saturated heterocycles. The first kappa shape index (κ1) is 32.8. The minimum absolute atomic E-state index is 0.0265. The Balaban J connectivity index is 1.15. The molecule has 0 radical (unpaired) electrons. The van der Waals surface area contributed by atoms with Gasteiger partial charge in [-0.05, 0) is 127 Å². The van der Waals surface area contributed by atoms with Crippen LogP contribution in [-0.2, 0) is 10.8 Å². The molecule has 0 aliphatic carbocycles. The van der Waals surface area contributed by atoms with E-state index in [1.54, 1.807) is 18.2 Å². The minimum Gasteiger partial charge on any atom is -0.457 e. The molecule has 244 valence electrons. The summed E-state index contributed by atoms with van der Waals surface area (Å²) in [6, 6.07) is 35.2. The molecular formula is C43H43NO4. The molecule has 0 unspecified atom stereocenters. The van der Waals surface area contributed by atoms with Gasteiger partial charge in [-0.25, -0.2) is 4.90 Å². The predicted octanol–water partition coefficient (Wildman–Crippen LogP) is 11.1. The van der Waals surface area contributed by atoms with Crippen molar-refractivity contribution < 1.29 is 19.1 Å². The number of hydrogen-bond donors (Lipinski definition) is 0. The van der Waals surface area contributed by atoms with Crippen molar-refractivity contribution in [2.45, 2.75) is 72.1 Å². The number of amides is 2. The smallest absolute Gasteiger partial charge is 0.266 e. The summed E-state index contributed by atoms with van der Waals surface area (Å²) in [7, 11) is 0. The lowest BCUT2D eigenvalue weighted by Gasteiger charge is -2.28. The van der Waals surface area contributed by atoms with Crippen LogP contribution in [0.1, 0.15) is 96.0 Å². The highest BCUT2D eigenvalue weighted by atomic mass is 16.5. The maximum absolute atomic E-state index is 13.6. The van der Waals surface area contributed by atoms with Gasteiger partial charge in [-0.15, -0.1) is 0 Å². The lowest BCUT2D eigenvalue weighted by atomic mass is 9.78. The van der Waals surface area contributed by atoms with E-state index in [0.717, 1.165) is 41.0 Å². The predicted molar refractivity (Wildman–Crippen MR) is 193 cm³/mol. The fourth-order valence-electron chi connectivity index (χ4n) is 6.29. The maximum Gasteiger partial charge on any atom is 0.266 e. The zero-order valence-corrected chi connectivity index (χ0v) is 28.9. The number of carbonyl (C=O) groups excluding carboxylic acids is 2.